The van der Waals surface area contributed by atoms with Gasteiger partial charge in [0.1, 0.15) is 0 Å². The first-order valence-corrected chi connectivity index (χ1v) is 8.28. The first kappa shape index (κ1) is 15.1. The van der Waals surface area contributed by atoms with Crippen LogP contribution in [0, 0.1) is 11.3 Å². The van der Waals surface area contributed by atoms with Gasteiger partial charge in [0.2, 0.25) is 5.91 Å². The largest absolute Gasteiger partial charge is 0.356 e. The molecule has 0 aromatic heterocycles. The molecular weight excluding hydrogens is 307 g/mol. The molecule has 2 aliphatic rings. The second-order valence-electron chi connectivity index (χ2n) is 6.19. The second kappa shape index (κ2) is 6.15. The van der Waals surface area contributed by atoms with Crippen LogP contribution in [0.25, 0.3) is 0 Å². The Balaban J connectivity index is 1.46. The Morgan fingerprint density at radius 1 is 1.24 bits per heavy atom. The molecule has 1 saturated heterocycles. The van der Waals surface area contributed by atoms with E-state index in [-0.39, 0.29) is 11.8 Å². The first-order chi connectivity index (χ1) is 10.1. The van der Waals surface area contributed by atoms with Crippen molar-refractivity contribution in [1.82, 2.24) is 10.6 Å². The highest BCUT2D eigenvalue weighted by Gasteiger charge is 2.57. The van der Waals surface area contributed by atoms with Crippen LogP contribution in [-0.4, -0.2) is 25.5 Å². The Labute approximate surface area is 135 Å². The van der Waals surface area contributed by atoms with E-state index >= 15 is 0 Å². The van der Waals surface area contributed by atoms with Crippen molar-refractivity contribution in [3.05, 3.63) is 33.8 Å². The highest BCUT2D eigenvalue weighted by molar-refractivity contribution is 6.34. The van der Waals surface area contributed by atoms with E-state index in [0.717, 1.165) is 44.3 Å². The van der Waals surface area contributed by atoms with Gasteiger partial charge in [0.05, 0.1) is 0 Å². The predicted octanol–water partition coefficient (Wildman–Crippen LogP) is 3.04. The normalized spacial score (nSPS) is 23.0. The highest BCUT2D eigenvalue weighted by atomic mass is 35.5. The minimum Gasteiger partial charge on any atom is -0.356 e. The third-order valence-electron chi connectivity index (χ3n) is 4.74. The lowest BCUT2D eigenvalue weighted by molar-refractivity contribution is -0.123. The zero-order chi connectivity index (χ0) is 14.9. The molecule has 1 unspecified atom stereocenters. The van der Waals surface area contributed by atoms with Gasteiger partial charge < -0.3 is 10.6 Å². The summed E-state index contributed by atoms with van der Waals surface area (Å²) in [6, 6.07) is 5.51. The third kappa shape index (κ3) is 3.53. The molecule has 1 spiro atoms. The third-order valence-corrected chi connectivity index (χ3v) is 5.18. The number of hydrogen-bond donors (Lipinski definition) is 2. The molecule has 0 bridgehead atoms. The van der Waals surface area contributed by atoms with E-state index in [1.54, 1.807) is 6.07 Å². The molecule has 2 N–H and O–H groups in total. The molecule has 1 saturated carbocycles. The number of benzene rings is 1. The van der Waals surface area contributed by atoms with E-state index in [9.17, 15) is 4.79 Å². The van der Waals surface area contributed by atoms with Gasteiger partial charge in [-0.05, 0) is 68.0 Å². The number of carbonyl (C=O) groups is 1. The quantitative estimate of drug-likeness (QED) is 0.892. The van der Waals surface area contributed by atoms with E-state index in [0.29, 0.717) is 22.0 Å². The minimum absolute atomic E-state index is 0.213. The van der Waals surface area contributed by atoms with Gasteiger partial charge in [-0.25, -0.2) is 0 Å². The molecule has 3 nitrogen and oxygen atoms in total. The fourth-order valence-electron chi connectivity index (χ4n) is 3.40. The summed E-state index contributed by atoms with van der Waals surface area (Å²) in [4.78, 5) is 12.2. The SMILES string of the molecule is O=C(NCCc1cc(Cl)cc(Cl)c1)C1CC12CCNCC2. The maximum Gasteiger partial charge on any atom is 0.223 e. The van der Waals surface area contributed by atoms with Crippen molar-refractivity contribution in [2.24, 2.45) is 11.3 Å². The number of piperidine rings is 1. The summed E-state index contributed by atoms with van der Waals surface area (Å²) in [6.45, 7) is 2.73. The molecule has 1 aliphatic heterocycles. The Hall–Kier alpha value is -0.770. The lowest BCUT2D eigenvalue weighted by Crippen LogP contribution is -2.34. The summed E-state index contributed by atoms with van der Waals surface area (Å²) < 4.78 is 0. The summed E-state index contributed by atoms with van der Waals surface area (Å²) >= 11 is 11.9. The first-order valence-electron chi connectivity index (χ1n) is 7.52. The fraction of sp³-hybridized carbons (Fsp3) is 0.562. The molecule has 0 radical (unpaired) electrons. The van der Waals surface area contributed by atoms with Gasteiger partial charge >= 0.3 is 0 Å². The fourth-order valence-corrected chi connectivity index (χ4v) is 3.98. The van der Waals surface area contributed by atoms with Crippen LogP contribution in [0.4, 0.5) is 0 Å². The van der Waals surface area contributed by atoms with Crippen molar-refractivity contribution in [3.8, 4) is 0 Å². The zero-order valence-electron chi connectivity index (χ0n) is 11.9. The van der Waals surface area contributed by atoms with Crippen LogP contribution in [0.5, 0.6) is 0 Å². The Bertz CT molecular complexity index is 521. The van der Waals surface area contributed by atoms with Crippen molar-refractivity contribution in [2.75, 3.05) is 19.6 Å². The molecule has 1 atom stereocenters. The monoisotopic (exact) mass is 326 g/mol. The van der Waals surface area contributed by atoms with Crippen LogP contribution >= 0.6 is 23.2 Å². The number of halogens is 2. The van der Waals surface area contributed by atoms with E-state index in [1.807, 2.05) is 12.1 Å². The van der Waals surface area contributed by atoms with Crippen LogP contribution in [0.1, 0.15) is 24.8 Å². The molecule has 1 heterocycles. The van der Waals surface area contributed by atoms with E-state index in [2.05, 4.69) is 10.6 Å². The zero-order valence-corrected chi connectivity index (χ0v) is 13.4. The molecule has 3 rings (SSSR count). The van der Waals surface area contributed by atoms with Crippen molar-refractivity contribution < 1.29 is 4.79 Å². The summed E-state index contributed by atoms with van der Waals surface area (Å²) in [5.74, 6) is 0.438. The van der Waals surface area contributed by atoms with Crippen LogP contribution in [0.2, 0.25) is 10.0 Å². The Morgan fingerprint density at radius 3 is 2.57 bits per heavy atom. The van der Waals surface area contributed by atoms with Crippen molar-refractivity contribution in [3.63, 3.8) is 0 Å². The maximum atomic E-state index is 12.2. The molecule has 114 valence electrons. The van der Waals surface area contributed by atoms with Crippen LogP contribution in [0.3, 0.4) is 0 Å². The molecule has 1 aliphatic carbocycles. The average Bonchev–Trinajstić information content (AvgIpc) is 3.12. The van der Waals surface area contributed by atoms with Crippen molar-refractivity contribution in [2.45, 2.75) is 25.7 Å². The number of hydrogen-bond acceptors (Lipinski definition) is 2. The molecule has 5 heteroatoms. The average molecular weight is 327 g/mol. The van der Waals surface area contributed by atoms with Gasteiger partial charge in [-0.1, -0.05) is 23.2 Å². The van der Waals surface area contributed by atoms with Crippen LogP contribution in [-0.2, 0) is 11.2 Å². The smallest absolute Gasteiger partial charge is 0.223 e. The van der Waals surface area contributed by atoms with Gasteiger partial charge in [-0.3, -0.25) is 4.79 Å². The summed E-state index contributed by atoms with van der Waals surface area (Å²) in [7, 11) is 0. The lowest BCUT2D eigenvalue weighted by atomic mass is 9.92. The Kier molecular flexibility index (Phi) is 4.43. The topological polar surface area (TPSA) is 41.1 Å². The van der Waals surface area contributed by atoms with Gasteiger partial charge in [-0.2, -0.15) is 0 Å². The molecular formula is C16H20Cl2N2O. The van der Waals surface area contributed by atoms with Gasteiger partial charge in [0.15, 0.2) is 0 Å². The lowest BCUT2D eigenvalue weighted by Gasteiger charge is -2.23. The number of carbonyl (C=O) groups excluding carboxylic acids is 1. The number of nitrogens with one attached hydrogen (secondary N) is 2. The molecule has 21 heavy (non-hydrogen) atoms. The van der Waals surface area contributed by atoms with Crippen molar-refractivity contribution in [1.29, 1.82) is 0 Å². The molecule has 1 amide bonds. The molecule has 1 aromatic rings. The van der Waals surface area contributed by atoms with Crippen molar-refractivity contribution >= 4 is 29.1 Å². The number of rotatable bonds is 4. The van der Waals surface area contributed by atoms with Gasteiger partial charge in [0, 0.05) is 22.5 Å². The maximum absolute atomic E-state index is 12.2. The Morgan fingerprint density at radius 2 is 1.90 bits per heavy atom. The summed E-state index contributed by atoms with van der Waals surface area (Å²) in [5.41, 5.74) is 1.36. The van der Waals surface area contributed by atoms with E-state index < -0.39 is 0 Å². The predicted molar refractivity (Wildman–Crippen MR) is 85.8 cm³/mol. The molecule has 1 aromatic carbocycles. The number of amides is 1. The summed E-state index contributed by atoms with van der Waals surface area (Å²) in [5, 5.41) is 7.69. The van der Waals surface area contributed by atoms with Gasteiger partial charge in [-0.15, -0.1) is 0 Å². The van der Waals surface area contributed by atoms with Crippen LogP contribution in [0.15, 0.2) is 18.2 Å². The second-order valence-corrected chi connectivity index (χ2v) is 7.06. The minimum atomic E-state index is 0.213. The summed E-state index contributed by atoms with van der Waals surface area (Å²) in [6.07, 6.45) is 4.08. The van der Waals surface area contributed by atoms with Crippen LogP contribution < -0.4 is 10.6 Å². The molecule has 2 fully saturated rings. The van der Waals surface area contributed by atoms with E-state index in [1.165, 1.54) is 0 Å². The van der Waals surface area contributed by atoms with E-state index in [4.69, 9.17) is 23.2 Å². The highest BCUT2D eigenvalue weighted by Crippen LogP contribution is 2.58. The van der Waals surface area contributed by atoms with Gasteiger partial charge in [0.25, 0.3) is 0 Å². The standard InChI is InChI=1S/C16H20Cl2N2O/c17-12-7-11(8-13(18)9-12)1-4-20-15(21)14-10-16(14)2-5-19-6-3-16/h7-9,14,19H,1-6,10H2,(H,20,21).